The molecule has 22 nitrogen and oxygen atoms in total. The van der Waals surface area contributed by atoms with Crippen molar-refractivity contribution in [3.63, 3.8) is 0 Å². The molecule has 0 bridgehead atoms. The van der Waals surface area contributed by atoms with E-state index in [0.29, 0.717) is 34.5 Å². The fourth-order valence-corrected chi connectivity index (χ4v) is 8.60. The van der Waals surface area contributed by atoms with Gasteiger partial charge in [0.1, 0.15) is 41.5 Å². The van der Waals surface area contributed by atoms with Gasteiger partial charge in [0.25, 0.3) is 5.69 Å². The molecule has 2 saturated heterocycles. The molecule has 380 valence electrons. The van der Waals surface area contributed by atoms with Crippen molar-refractivity contribution in [3.05, 3.63) is 124 Å². The number of ether oxygens (including phenoxy) is 2. The highest BCUT2D eigenvalue weighted by Gasteiger charge is 2.27. The van der Waals surface area contributed by atoms with Crippen LogP contribution in [-0.4, -0.2) is 139 Å². The zero-order valence-corrected chi connectivity index (χ0v) is 41.4. The van der Waals surface area contributed by atoms with Gasteiger partial charge >= 0.3 is 5.69 Å². The van der Waals surface area contributed by atoms with Crippen LogP contribution in [0.3, 0.4) is 0 Å². The van der Waals surface area contributed by atoms with Gasteiger partial charge in [0, 0.05) is 125 Å². The minimum absolute atomic E-state index is 0.0274. The van der Waals surface area contributed by atoms with Crippen LogP contribution in [-0.2, 0) is 14.1 Å². The monoisotopic (exact) mass is 996 g/mol. The topological polar surface area (TPSA) is 238 Å². The van der Waals surface area contributed by atoms with E-state index in [1.807, 2.05) is 66.3 Å². The van der Waals surface area contributed by atoms with E-state index in [2.05, 4.69) is 69.7 Å². The van der Waals surface area contributed by atoms with E-state index in [4.69, 9.17) is 9.47 Å². The number of aryl methyl sites for hydroxylation is 2. The van der Waals surface area contributed by atoms with Crippen molar-refractivity contribution < 1.29 is 23.7 Å². The number of likely N-dealkylation sites (N-methyl/N-ethyl adjacent to an activating group) is 2. The lowest BCUT2D eigenvalue weighted by Gasteiger charge is -2.35. The number of rotatable bonds is 13. The Kier molecular flexibility index (Phi) is 16.2. The maximum Gasteiger partial charge on any atom is 0.307 e. The first kappa shape index (κ1) is 51.0. The maximum atomic E-state index is 13.8. The molecule has 23 heteroatoms. The number of methoxy groups -OCH3 is 2. The van der Waals surface area contributed by atoms with Crippen LogP contribution in [0.4, 0.5) is 44.5 Å². The quantitative estimate of drug-likeness (QED) is 0.0745. The molecule has 0 radical (unpaired) electrons. The van der Waals surface area contributed by atoms with Gasteiger partial charge in [-0.25, -0.2) is 19.9 Å². The van der Waals surface area contributed by atoms with Crippen molar-refractivity contribution in [3.8, 4) is 34.0 Å². The highest BCUT2D eigenvalue weighted by atomic mass is 19.1. The first-order chi connectivity index (χ1) is 35.3. The largest absolute Gasteiger partial charge is 0.494 e. The first-order valence-electron chi connectivity index (χ1n) is 23.7. The van der Waals surface area contributed by atoms with Crippen LogP contribution >= 0.6 is 0 Å². The summed E-state index contributed by atoms with van der Waals surface area (Å²) in [5, 5.41) is 43.0. The summed E-state index contributed by atoms with van der Waals surface area (Å²) in [4.78, 5) is 45.9. The number of nitrogens with zero attached hydrogens (tertiary/aromatic N) is 13. The Morgan fingerprint density at radius 1 is 0.630 bits per heavy atom. The number of nitro benzene ring substituents is 2. The van der Waals surface area contributed by atoms with Gasteiger partial charge in [-0.3, -0.25) is 29.6 Å². The number of aromatic nitrogens is 8. The fraction of sp³-hybridized carbons (Fsp3) is 0.320. The summed E-state index contributed by atoms with van der Waals surface area (Å²) in [6.07, 6.45) is 6.41. The van der Waals surface area contributed by atoms with E-state index in [9.17, 15) is 24.6 Å². The summed E-state index contributed by atoms with van der Waals surface area (Å²) in [6, 6.07) is 20.6. The summed E-state index contributed by atoms with van der Waals surface area (Å²) in [5.74, 6) is 0.518. The second-order valence-electron chi connectivity index (χ2n) is 17.1. The van der Waals surface area contributed by atoms with Gasteiger partial charge in [-0.15, -0.1) is 0 Å². The first-order valence-corrected chi connectivity index (χ1v) is 23.7. The van der Waals surface area contributed by atoms with Crippen molar-refractivity contribution in [1.82, 2.24) is 54.6 Å². The van der Waals surface area contributed by atoms with Crippen LogP contribution < -0.4 is 30.3 Å². The number of benzene rings is 4. The van der Waals surface area contributed by atoms with Gasteiger partial charge in [-0.05, 0) is 37.4 Å². The van der Waals surface area contributed by atoms with Crippen LogP contribution in [0.1, 0.15) is 13.8 Å². The molecule has 0 saturated carbocycles. The number of hydrogen-bond acceptors (Lipinski definition) is 18. The molecule has 2 aliphatic heterocycles. The lowest BCUT2D eigenvalue weighted by atomic mass is 10.1. The SMILES string of the molecule is CCN1CCN(c2cc(OC)c(Nc3cc(-c4ccc5c(cnn5C)c4)ncn3)cc2[N+](=O)[O-])CC1.CCN1CCNCC1.COc1cc(F)c([N+](=O)[O-])cc1Nc1cc(-c2ccc3c(cnn3C)c2)ncn1. The summed E-state index contributed by atoms with van der Waals surface area (Å²) in [7, 11) is 6.67. The molecule has 0 unspecified atom stereocenters. The smallest absolute Gasteiger partial charge is 0.307 e. The summed E-state index contributed by atoms with van der Waals surface area (Å²) in [6.45, 7) is 14.5. The Morgan fingerprint density at radius 2 is 1.11 bits per heavy atom. The minimum atomic E-state index is -0.981. The third kappa shape index (κ3) is 12.0. The van der Waals surface area contributed by atoms with Crippen molar-refractivity contribution >= 4 is 61.9 Å². The Labute approximate surface area is 420 Å². The number of fused-ring (bicyclic) bond motifs is 2. The van der Waals surface area contributed by atoms with E-state index in [-0.39, 0.29) is 22.0 Å². The summed E-state index contributed by atoms with van der Waals surface area (Å²) >= 11 is 0. The third-order valence-electron chi connectivity index (χ3n) is 12.7. The van der Waals surface area contributed by atoms with E-state index >= 15 is 0 Å². The highest BCUT2D eigenvalue weighted by molar-refractivity contribution is 5.86. The Hall–Kier alpha value is -8.41. The van der Waals surface area contributed by atoms with E-state index in [0.717, 1.165) is 83.5 Å². The number of nitro groups is 2. The molecule has 3 N–H and O–H groups in total. The van der Waals surface area contributed by atoms with Crippen LogP contribution in [0.15, 0.2) is 97.8 Å². The Morgan fingerprint density at radius 3 is 1.58 bits per heavy atom. The van der Waals surface area contributed by atoms with Crippen molar-refractivity contribution in [1.29, 1.82) is 0 Å². The van der Waals surface area contributed by atoms with Gasteiger partial charge in [0.15, 0.2) is 0 Å². The summed E-state index contributed by atoms with van der Waals surface area (Å²) < 4.78 is 28.2. The average molecular weight is 997 g/mol. The second-order valence-corrected chi connectivity index (χ2v) is 17.1. The molecule has 0 atom stereocenters. The average Bonchev–Trinajstić information content (AvgIpc) is 3.99. The Balaban J connectivity index is 0.000000172. The molecule has 8 aromatic rings. The number of piperazine rings is 2. The lowest BCUT2D eigenvalue weighted by Crippen LogP contribution is -2.46. The zero-order valence-electron chi connectivity index (χ0n) is 41.4. The molecular formula is C50H57FN16O6. The van der Waals surface area contributed by atoms with Gasteiger partial charge < -0.3 is 40.1 Å². The van der Waals surface area contributed by atoms with Crippen LogP contribution in [0.5, 0.6) is 11.5 Å². The van der Waals surface area contributed by atoms with Crippen molar-refractivity contribution in [2.45, 2.75) is 13.8 Å². The standard InChI is InChI=1S/C25H28N8O3.C19H15FN6O3.C6H14N2/c1-4-31-7-9-32(10-8-31)22-14-24(36-3)20(12-23(22)33(34)35)29-25-13-19(26-16-27-25)17-5-6-21-18(11-17)15-28-30(21)2;1-25-16-4-3-11(5-12(16)9-23-25)14-8-19(22-10-21-14)24-15-7-17(26(27)28)13(20)6-18(15)29-2;1-2-8-5-3-7-4-6-8/h5-6,11-16H,4,7-10H2,1-3H3,(H,26,27,29);3-10H,1-2H3,(H,21,22,24);7H,2-6H2,1H3. The predicted octanol–water partition coefficient (Wildman–Crippen LogP) is 7.57. The molecule has 2 fully saturated rings. The predicted molar refractivity (Wildman–Crippen MR) is 279 cm³/mol. The molecular weight excluding hydrogens is 940 g/mol. The molecule has 0 amide bonds. The van der Waals surface area contributed by atoms with E-state index < -0.39 is 16.4 Å². The molecule has 73 heavy (non-hydrogen) atoms. The van der Waals surface area contributed by atoms with Gasteiger partial charge in [-0.2, -0.15) is 14.6 Å². The third-order valence-corrected chi connectivity index (χ3v) is 12.7. The van der Waals surface area contributed by atoms with Crippen LogP contribution in [0.25, 0.3) is 44.3 Å². The summed E-state index contributed by atoms with van der Waals surface area (Å²) in [5.41, 5.74) is 5.76. The zero-order chi connectivity index (χ0) is 51.6. The molecule has 10 rings (SSSR count). The van der Waals surface area contributed by atoms with Gasteiger partial charge in [0.05, 0.1) is 70.3 Å². The second kappa shape index (κ2) is 23.2. The number of halogens is 1. The van der Waals surface area contributed by atoms with Crippen LogP contribution in [0.2, 0.25) is 0 Å². The Bertz CT molecular complexity index is 3230. The fourth-order valence-electron chi connectivity index (χ4n) is 8.60. The maximum absolute atomic E-state index is 13.8. The molecule has 0 spiro atoms. The molecule has 4 aromatic heterocycles. The van der Waals surface area contributed by atoms with Crippen molar-refractivity contribution in [2.24, 2.45) is 14.1 Å². The minimum Gasteiger partial charge on any atom is -0.494 e. The molecule has 6 heterocycles. The molecule has 0 aliphatic carbocycles. The van der Waals surface area contributed by atoms with Gasteiger partial charge in [0.2, 0.25) is 5.82 Å². The highest BCUT2D eigenvalue weighted by Crippen LogP contribution is 2.40. The number of anilines is 5. The molecule has 4 aromatic carbocycles. The van der Waals surface area contributed by atoms with E-state index in [1.54, 1.807) is 36.2 Å². The van der Waals surface area contributed by atoms with Gasteiger partial charge in [-0.1, -0.05) is 26.0 Å². The number of nitrogens with one attached hydrogen (secondary N) is 3. The van der Waals surface area contributed by atoms with Crippen molar-refractivity contribution in [2.75, 3.05) is 95.2 Å². The van der Waals surface area contributed by atoms with Crippen LogP contribution in [0, 0.1) is 26.0 Å². The normalized spacial score (nSPS) is 13.9. The number of hydrogen-bond donors (Lipinski definition) is 3. The van der Waals surface area contributed by atoms with E-state index in [1.165, 1.54) is 58.6 Å². The molecule has 2 aliphatic rings. The lowest BCUT2D eigenvalue weighted by molar-refractivity contribution is -0.387.